The summed E-state index contributed by atoms with van der Waals surface area (Å²) in [5.74, 6) is 0.645. The van der Waals surface area contributed by atoms with E-state index >= 15 is 0 Å². The fraction of sp³-hybridized carbons (Fsp3) is 0.250. The number of fused-ring (bicyclic) bond motifs is 1. The molecule has 0 aliphatic carbocycles. The average molecular weight is 299 g/mol. The van der Waals surface area contributed by atoms with E-state index in [1.54, 1.807) is 18.3 Å². The van der Waals surface area contributed by atoms with Crippen LogP contribution in [0.4, 0.5) is 5.00 Å². The van der Waals surface area contributed by atoms with Gasteiger partial charge in [0.1, 0.15) is 5.82 Å². The minimum atomic E-state index is -0.0750. The predicted molar refractivity (Wildman–Crippen MR) is 88.3 cm³/mol. The van der Waals surface area contributed by atoms with E-state index in [0.29, 0.717) is 11.2 Å². The monoisotopic (exact) mass is 299 g/mol. The van der Waals surface area contributed by atoms with Crippen molar-refractivity contribution in [3.63, 3.8) is 0 Å². The Balaban J connectivity index is 1.93. The van der Waals surface area contributed by atoms with Gasteiger partial charge in [0.25, 0.3) is 5.56 Å². The Bertz CT molecular complexity index is 850. The molecule has 0 unspecified atom stereocenters. The van der Waals surface area contributed by atoms with Crippen LogP contribution in [0.2, 0.25) is 0 Å². The quantitative estimate of drug-likeness (QED) is 0.807. The van der Waals surface area contributed by atoms with Gasteiger partial charge in [-0.05, 0) is 43.7 Å². The van der Waals surface area contributed by atoms with Crippen molar-refractivity contribution in [3.05, 3.63) is 57.0 Å². The molecule has 1 aromatic carbocycles. The van der Waals surface area contributed by atoms with Crippen molar-refractivity contribution in [2.24, 2.45) is 0 Å². The van der Waals surface area contributed by atoms with Crippen LogP contribution in [0, 0.1) is 13.8 Å². The average Bonchev–Trinajstić information content (AvgIpc) is 2.86. The molecule has 108 valence electrons. The van der Waals surface area contributed by atoms with Crippen LogP contribution >= 0.6 is 11.3 Å². The van der Waals surface area contributed by atoms with Crippen molar-refractivity contribution in [3.8, 4) is 0 Å². The molecule has 3 aromatic rings. The van der Waals surface area contributed by atoms with E-state index in [9.17, 15) is 4.79 Å². The highest BCUT2D eigenvalue weighted by Gasteiger charge is 2.07. The third-order valence-corrected chi connectivity index (χ3v) is 4.53. The Hall–Kier alpha value is -2.14. The minimum Gasteiger partial charge on any atom is -0.362 e. The molecule has 0 amide bonds. The fourth-order valence-electron chi connectivity index (χ4n) is 2.38. The van der Waals surface area contributed by atoms with Crippen LogP contribution < -0.4 is 10.5 Å². The van der Waals surface area contributed by atoms with Crippen LogP contribution in [0.15, 0.2) is 35.1 Å². The smallest absolute Gasteiger partial charge is 0.258 e. The number of thiophene rings is 1. The zero-order chi connectivity index (χ0) is 15.0. The van der Waals surface area contributed by atoms with Crippen molar-refractivity contribution in [1.29, 1.82) is 0 Å². The van der Waals surface area contributed by atoms with Crippen LogP contribution in [0.25, 0.3) is 10.9 Å². The molecule has 0 aliphatic rings. The Morgan fingerprint density at radius 3 is 2.76 bits per heavy atom. The largest absolute Gasteiger partial charge is 0.362 e. The summed E-state index contributed by atoms with van der Waals surface area (Å²) in [5.41, 5.74) is 1.77. The number of hydrogen-bond acceptors (Lipinski definition) is 4. The van der Waals surface area contributed by atoms with E-state index in [2.05, 4.69) is 41.0 Å². The van der Waals surface area contributed by atoms with Gasteiger partial charge in [-0.2, -0.15) is 0 Å². The van der Waals surface area contributed by atoms with E-state index in [1.165, 1.54) is 9.88 Å². The highest BCUT2D eigenvalue weighted by Crippen LogP contribution is 2.25. The molecule has 0 aliphatic heterocycles. The second-order valence-electron chi connectivity index (χ2n) is 5.24. The predicted octanol–water partition coefficient (Wildman–Crippen LogP) is 3.24. The number of benzene rings is 1. The molecule has 1 N–H and O–H groups in total. The molecule has 21 heavy (non-hydrogen) atoms. The molecule has 0 bridgehead atoms. The summed E-state index contributed by atoms with van der Waals surface area (Å²) in [6.45, 7) is 4.66. The first-order valence-electron chi connectivity index (χ1n) is 6.80. The third-order valence-electron chi connectivity index (χ3n) is 3.41. The van der Waals surface area contributed by atoms with Gasteiger partial charge in [0.2, 0.25) is 0 Å². The maximum absolute atomic E-state index is 12.0. The summed E-state index contributed by atoms with van der Waals surface area (Å²) < 4.78 is 0. The summed E-state index contributed by atoms with van der Waals surface area (Å²) in [6, 6.07) is 10.1. The topological polar surface area (TPSA) is 49.0 Å². The Labute approximate surface area is 127 Å². The standard InChI is InChI=1S/C16H17N3OS/c1-10-4-7-15(21-10)19(3)9-12-5-6-14-13(8-12)16(20)18-11(2)17-14/h4-8H,9H2,1-3H3,(H,17,18,20). The normalized spacial score (nSPS) is 11.0. The number of nitrogens with zero attached hydrogens (tertiary/aromatic N) is 2. The SMILES string of the molecule is Cc1nc2ccc(CN(C)c3ccc(C)s3)cc2c(=O)[nH]1. The molecule has 0 saturated carbocycles. The molecule has 2 heterocycles. The molecule has 0 atom stereocenters. The number of anilines is 1. The van der Waals surface area contributed by atoms with Crippen LogP contribution in [-0.4, -0.2) is 17.0 Å². The second kappa shape index (κ2) is 5.33. The lowest BCUT2D eigenvalue weighted by Gasteiger charge is -2.17. The number of nitrogens with one attached hydrogen (secondary N) is 1. The summed E-state index contributed by atoms with van der Waals surface area (Å²) in [5, 5.41) is 1.87. The second-order valence-corrected chi connectivity index (χ2v) is 6.51. The van der Waals surface area contributed by atoms with Gasteiger partial charge in [-0.3, -0.25) is 4.79 Å². The van der Waals surface area contributed by atoms with Crippen molar-refractivity contribution in [1.82, 2.24) is 9.97 Å². The molecule has 0 fully saturated rings. The maximum Gasteiger partial charge on any atom is 0.258 e. The van der Waals surface area contributed by atoms with Gasteiger partial charge < -0.3 is 9.88 Å². The Kier molecular flexibility index (Phi) is 3.51. The maximum atomic E-state index is 12.0. The zero-order valence-electron chi connectivity index (χ0n) is 12.3. The van der Waals surface area contributed by atoms with Gasteiger partial charge in [0, 0.05) is 18.5 Å². The van der Waals surface area contributed by atoms with E-state index in [-0.39, 0.29) is 5.56 Å². The van der Waals surface area contributed by atoms with E-state index in [0.717, 1.165) is 17.6 Å². The first-order valence-corrected chi connectivity index (χ1v) is 7.62. The van der Waals surface area contributed by atoms with Gasteiger partial charge in [-0.25, -0.2) is 4.98 Å². The van der Waals surface area contributed by atoms with Gasteiger partial charge in [-0.15, -0.1) is 11.3 Å². The summed E-state index contributed by atoms with van der Waals surface area (Å²) >= 11 is 1.77. The lowest BCUT2D eigenvalue weighted by Crippen LogP contribution is -2.16. The highest BCUT2D eigenvalue weighted by atomic mass is 32.1. The van der Waals surface area contributed by atoms with Crippen molar-refractivity contribution in [2.45, 2.75) is 20.4 Å². The van der Waals surface area contributed by atoms with E-state index < -0.39 is 0 Å². The van der Waals surface area contributed by atoms with Crippen molar-refractivity contribution >= 4 is 27.2 Å². The number of hydrogen-bond donors (Lipinski definition) is 1. The number of aryl methyl sites for hydroxylation is 2. The Morgan fingerprint density at radius 2 is 2.05 bits per heavy atom. The van der Waals surface area contributed by atoms with Crippen LogP contribution in [0.3, 0.4) is 0 Å². The summed E-state index contributed by atoms with van der Waals surface area (Å²) in [6.07, 6.45) is 0. The first-order chi connectivity index (χ1) is 10.0. The molecule has 0 saturated heterocycles. The number of rotatable bonds is 3. The molecule has 5 heteroatoms. The van der Waals surface area contributed by atoms with Gasteiger partial charge >= 0.3 is 0 Å². The summed E-state index contributed by atoms with van der Waals surface area (Å²) in [4.78, 5) is 22.6. The van der Waals surface area contributed by atoms with E-state index in [4.69, 9.17) is 0 Å². The molecule has 0 radical (unpaired) electrons. The molecular formula is C16H17N3OS. The molecule has 2 aromatic heterocycles. The summed E-state index contributed by atoms with van der Waals surface area (Å²) in [7, 11) is 2.06. The third kappa shape index (κ3) is 2.83. The van der Waals surface area contributed by atoms with Gasteiger partial charge in [-0.1, -0.05) is 6.07 Å². The van der Waals surface area contributed by atoms with Crippen LogP contribution in [0.5, 0.6) is 0 Å². The van der Waals surface area contributed by atoms with Crippen molar-refractivity contribution < 1.29 is 0 Å². The highest BCUT2D eigenvalue weighted by molar-refractivity contribution is 7.16. The van der Waals surface area contributed by atoms with Gasteiger partial charge in [0.05, 0.1) is 15.9 Å². The van der Waals surface area contributed by atoms with E-state index in [1.807, 2.05) is 18.2 Å². The zero-order valence-corrected chi connectivity index (χ0v) is 13.1. The van der Waals surface area contributed by atoms with Crippen LogP contribution in [0.1, 0.15) is 16.3 Å². The van der Waals surface area contributed by atoms with Gasteiger partial charge in [0.15, 0.2) is 0 Å². The molecule has 3 rings (SSSR count). The minimum absolute atomic E-state index is 0.0750. The van der Waals surface area contributed by atoms with Crippen LogP contribution in [-0.2, 0) is 6.54 Å². The Morgan fingerprint density at radius 1 is 1.24 bits per heavy atom. The molecule has 0 spiro atoms. The van der Waals surface area contributed by atoms with Crippen molar-refractivity contribution in [2.75, 3.05) is 11.9 Å². The number of aromatic nitrogens is 2. The first kappa shape index (κ1) is 13.8. The number of aromatic amines is 1. The number of H-pyrrole nitrogens is 1. The molecular weight excluding hydrogens is 282 g/mol. The lowest BCUT2D eigenvalue weighted by atomic mass is 10.1. The fourth-order valence-corrected chi connectivity index (χ4v) is 3.20. The molecule has 4 nitrogen and oxygen atoms in total. The lowest BCUT2D eigenvalue weighted by molar-refractivity contribution is 0.935.